The maximum Gasteiger partial charge on any atom is 0.0441 e. The van der Waals surface area contributed by atoms with Gasteiger partial charge in [0, 0.05) is 17.6 Å². The summed E-state index contributed by atoms with van der Waals surface area (Å²) in [6, 6.07) is 15.6. The molecule has 98 valence electrons. The van der Waals surface area contributed by atoms with Crippen LogP contribution in [0, 0.1) is 6.92 Å². The molecular weight excluding hydrogens is 254 g/mol. The average molecular weight is 272 g/mol. The lowest BCUT2D eigenvalue weighted by molar-refractivity contribution is 0.689. The first-order valence-corrected chi connectivity index (χ1v) is 7.19. The summed E-state index contributed by atoms with van der Waals surface area (Å²) in [5.41, 5.74) is 4.94. The fourth-order valence-electron chi connectivity index (χ4n) is 2.26. The van der Waals surface area contributed by atoms with Gasteiger partial charge in [-0.2, -0.15) is 0 Å². The zero-order chi connectivity index (χ0) is 13.2. The van der Waals surface area contributed by atoms with Crippen LogP contribution in [0.2, 0.25) is 5.02 Å². The zero-order valence-corrected chi connectivity index (χ0v) is 11.9. The Kier molecular flexibility index (Phi) is 3.58. The van der Waals surface area contributed by atoms with Crippen LogP contribution in [0.15, 0.2) is 42.5 Å². The minimum Gasteiger partial charge on any atom is -0.310 e. The number of hydrogen-bond acceptors (Lipinski definition) is 1. The molecule has 3 rings (SSSR count). The van der Waals surface area contributed by atoms with Crippen LogP contribution in [0.25, 0.3) is 11.1 Å². The minimum atomic E-state index is 0.731. The molecule has 0 amide bonds. The number of halogens is 1. The summed E-state index contributed by atoms with van der Waals surface area (Å²) < 4.78 is 0. The second-order valence-electron chi connectivity index (χ2n) is 5.28. The van der Waals surface area contributed by atoms with E-state index in [1.54, 1.807) is 0 Å². The SMILES string of the molecule is Cc1ccc(-c2ccccc2CNC2CC2)cc1Cl. The van der Waals surface area contributed by atoms with Crippen LogP contribution in [0.4, 0.5) is 0 Å². The summed E-state index contributed by atoms with van der Waals surface area (Å²) in [5.74, 6) is 0. The van der Waals surface area contributed by atoms with Gasteiger partial charge in [-0.05, 0) is 48.1 Å². The van der Waals surface area contributed by atoms with Crippen LogP contribution in [0.5, 0.6) is 0 Å². The first-order chi connectivity index (χ1) is 9.24. The first-order valence-electron chi connectivity index (χ1n) is 6.82. The van der Waals surface area contributed by atoms with Gasteiger partial charge in [-0.25, -0.2) is 0 Å². The van der Waals surface area contributed by atoms with E-state index in [-0.39, 0.29) is 0 Å². The molecule has 0 aromatic heterocycles. The average Bonchev–Trinajstić information content (AvgIpc) is 3.24. The van der Waals surface area contributed by atoms with Gasteiger partial charge >= 0.3 is 0 Å². The summed E-state index contributed by atoms with van der Waals surface area (Å²) >= 11 is 6.24. The smallest absolute Gasteiger partial charge is 0.0441 e. The number of aryl methyl sites for hydroxylation is 1. The van der Waals surface area contributed by atoms with Crippen molar-refractivity contribution < 1.29 is 0 Å². The van der Waals surface area contributed by atoms with E-state index >= 15 is 0 Å². The second kappa shape index (κ2) is 5.36. The first kappa shape index (κ1) is 12.7. The van der Waals surface area contributed by atoms with E-state index in [0.29, 0.717) is 0 Å². The Morgan fingerprint density at radius 2 is 1.95 bits per heavy atom. The molecule has 2 aromatic carbocycles. The van der Waals surface area contributed by atoms with E-state index in [1.165, 1.54) is 29.5 Å². The Balaban J connectivity index is 1.91. The van der Waals surface area contributed by atoms with Crippen molar-refractivity contribution in [2.45, 2.75) is 32.4 Å². The normalized spacial score (nSPS) is 14.6. The molecule has 19 heavy (non-hydrogen) atoms. The highest BCUT2D eigenvalue weighted by molar-refractivity contribution is 6.31. The van der Waals surface area contributed by atoms with Crippen molar-refractivity contribution in [2.24, 2.45) is 0 Å². The maximum absolute atomic E-state index is 6.24. The third-order valence-electron chi connectivity index (χ3n) is 3.66. The standard InChI is InChI=1S/C17H18ClN/c1-12-6-7-13(10-17(12)18)16-5-3-2-4-14(16)11-19-15-8-9-15/h2-7,10,15,19H,8-9,11H2,1H3. The molecule has 0 heterocycles. The van der Waals surface area contributed by atoms with Crippen molar-refractivity contribution in [1.29, 1.82) is 0 Å². The number of benzene rings is 2. The van der Waals surface area contributed by atoms with E-state index in [0.717, 1.165) is 23.2 Å². The van der Waals surface area contributed by atoms with Gasteiger partial charge in [0.15, 0.2) is 0 Å². The predicted molar refractivity (Wildman–Crippen MR) is 81.5 cm³/mol. The molecular formula is C17H18ClN. The van der Waals surface area contributed by atoms with Crippen molar-refractivity contribution >= 4 is 11.6 Å². The molecule has 1 nitrogen and oxygen atoms in total. The molecule has 1 saturated carbocycles. The van der Waals surface area contributed by atoms with E-state index in [2.05, 4.69) is 47.8 Å². The summed E-state index contributed by atoms with van der Waals surface area (Å²) in [6.07, 6.45) is 2.64. The largest absolute Gasteiger partial charge is 0.310 e. The predicted octanol–water partition coefficient (Wildman–Crippen LogP) is 4.57. The quantitative estimate of drug-likeness (QED) is 0.859. The molecule has 0 aliphatic heterocycles. The Morgan fingerprint density at radius 3 is 2.68 bits per heavy atom. The highest BCUT2D eigenvalue weighted by Crippen LogP contribution is 2.28. The van der Waals surface area contributed by atoms with Gasteiger partial charge in [-0.3, -0.25) is 0 Å². The van der Waals surface area contributed by atoms with E-state index in [1.807, 2.05) is 6.92 Å². The van der Waals surface area contributed by atoms with Crippen LogP contribution in [-0.2, 0) is 6.54 Å². The molecule has 0 unspecified atom stereocenters. The second-order valence-corrected chi connectivity index (χ2v) is 5.68. The van der Waals surface area contributed by atoms with Gasteiger partial charge in [0.2, 0.25) is 0 Å². The molecule has 1 aliphatic carbocycles. The van der Waals surface area contributed by atoms with Gasteiger partial charge in [0.1, 0.15) is 0 Å². The third-order valence-corrected chi connectivity index (χ3v) is 4.07. The van der Waals surface area contributed by atoms with Gasteiger partial charge in [-0.15, -0.1) is 0 Å². The van der Waals surface area contributed by atoms with Crippen LogP contribution in [0.1, 0.15) is 24.0 Å². The van der Waals surface area contributed by atoms with Crippen molar-refractivity contribution in [3.05, 3.63) is 58.6 Å². The van der Waals surface area contributed by atoms with Crippen LogP contribution in [-0.4, -0.2) is 6.04 Å². The fourth-order valence-corrected chi connectivity index (χ4v) is 2.44. The van der Waals surface area contributed by atoms with E-state index in [4.69, 9.17) is 11.6 Å². The van der Waals surface area contributed by atoms with Crippen LogP contribution >= 0.6 is 11.6 Å². The Bertz CT molecular complexity index is 588. The molecule has 2 aromatic rings. The zero-order valence-electron chi connectivity index (χ0n) is 11.1. The van der Waals surface area contributed by atoms with E-state index < -0.39 is 0 Å². The summed E-state index contributed by atoms with van der Waals surface area (Å²) in [4.78, 5) is 0. The van der Waals surface area contributed by atoms with Crippen LogP contribution < -0.4 is 5.32 Å². The molecule has 0 bridgehead atoms. The molecule has 1 fully saturated rings. The molecule has 0 spiro atoms. The topological polar surface area (TPSA) is 12.0 Å². The van der Waals surface area contributed by atoms with Crippen molar-refractivity contribution in [3.63, 3.8) is 0 Å². The monoisotopic (exact) mass is 271 g/mol. The maximum atomic E-state index is 6.24. The van der Waals surface area contributed by atoms with Gasteiger partial charge in [0.25, 0.3) is 0 Å². The highest BCUT2D eigenvalue weighted by atomic mass is 35.5. The lowest BCUT2D eigenvalue weighted by Gasteiger charge is -2.11. The van der Waals surface area contributed by atoms with Gasteiger partial charge in [-0.1, -0.05) is 48.0 Å². The van der Waals surface area contributed by atoms with Crippen LogP contribution in [0.3, 0.4) is 0 Å². The summed E-state index contributed by atoms with van der Waals surface area (Å²) in [5, 5.41) is 4.41. The number of hydrogen-bond donors (Lipinski definition) is 1. The Morgan fingerprint density at radius 1 is 1.16 bits per heavy atom. The van der Waals surface area contributed by atoms with Crippen molar-refractivity contribution in [1.82, 2.24) is 5.32 Å². The minimum absolute atomic E-state index is 0.731. The molecule has 0 radical (unpaired) electrons. The summed E-state index contributed by atoms with van der Waals surface area (Å²) in [7, 11) is 0. The fraction of sp³-hybridized carbons (Fsp3) is 0.294. The summed E-state index contributed by atoms with van der Waals surface area (Å²) in [6.45, 7) is 2.97. The molecule has 0 atom stereocenters. The number of nitrogens with one attached hydrogen (secondary N) is 1. The lowest BCUT2D eigenvalue weighted by Crippen LogP contribution is -2.15. The lowest BCUT2D eigenvalue weighted by atomic mass is 9.99. The molecule has 2 heteroatoms. The van der Waals surface area contributed by atoms with E-state index in [9.17, 15) is 0 Å². The Hall–Kier alpha value is -1.31. The Labute approximate surface area is 119 Å². The van der Waals surface area contributed by atoms with Crippen molar-refractivity contribution in [2.75, 3.05) is 0 Å². The van der Waals surface area contributed by atoms with Gasteiger partial charge in [0.05, 0.1) is 0 Å². The molecule has 1 aliphatic rings. The molecule has 1 N–H and O–H groups in total. The molecule has 0 saturated heterocycles. The third kappa shape index (κ3) is 2.99. The van der Waals surface area contributed by atoms with Gasteiger partial charge < -0.3 is 5.32 Å². The highest BCUT2D eigenvalue weighted by Gasteiger charge is 2.20. The number of rotatable bonds is 4. The van der Waals surface area contributed by atoms with Crippen molar-refractivity contribution in [3.8, 4) is 11.1 Å².